The largest absolute Gasteiger partial charge is 0.422 e. The number of anilines is 3. The van der Waals surface area contributed by atoms with Gasteiger partial charge in [-0.1, -0.05) is 32.0 Å². The molecule has 1 unspecified atom stereocenters. The van der Waals surface area contributed by atoms with Crippen LogP contribution in [0.3, 0.4) is 0 Å². The van der Waals surface area contributed by atoms with Crippen LogP contribution in [-0.4, -0.2) is 62.7 Å². The van der Waals surface area contributed by atoms with Gasteiger partial charge in [0, 0.05) is 37.4 Å². The zero-order valence-electron chi connectivity index (χ0n) is 26.6. The first-order valence-electron chi connectivity index (χ1n) is 14.9. The number of fused-ring (bicyclic) bond motifs is 1. The van der Waals surface area contributed by atoms with Crippen LogP contribution in [0.25, 0.3) is 17.0 Å². The van der Waals surface area contributed by atoms with Gasteiger partial charge in [0.1, 0.15) is 28.8 Å². The number of hydrogen-bond acceptors (Lipinski definition) is 8. The van der Waals surface area contributed by atoms with Gasteiger partial charge < -0.3 is 20.6 Å². The van der Waals surface area contributed by atoms with Gasteiger partial charge in [-0.05, 0) is 43.5 Å². The topological polar surface area (TPSA) is 123 Å². The maximum Gasteiger partial charge on any atom is 0.422 e. The summed E-state index contributed by atoms with van der Waals surface area (Å²) >= 11 is 6.59. The highest BCUT2D eigenvalue weighted by molar-refractivity contribution is 6.33. The van der Waals surface area contributed by atoms with Crippen molar-refractivity contribution in [3.05, 3.63) is 81.4 Å². The van der Waals surface area contributed by atoms with Crippen molar-refractivity contribution in [1.82, 2.24) is 19.8 Å². The first kappa shape index (κ1) is 35.5. The second-order valence-corrected chi connectivity index (χ2v) is 12.4. The van der Waals surface area contributed by atoms with Gasteiger partial charge in [-0.2, -0.15) is 18.4 Å². The molecule has 0 spiro atoms. The molecule has 3 N–H and O–H groups in total. The van der Waals surface area contributed by atoms with Gasteiger partial charge in [-0.15, -0.1) is 0 Å². The summed E-state index contributed by atoms with van der Waals surface area (Å²) in [6.45, 7) is 11.1. The molecule has 16 heteroatoms. The molecule has 2 aliphatic rings. The van der Waals surface area contributed by atoms with Crippen LogP contribution >= 0.6 is 11.6 Å². The van der Waals surface area contributed by atoms with Crippen LogP contribution in [0, 0.1) is 35.7 Å². The third-order valence-corrected chi connectivity index (χ3v) is 8.83. The molecule has 49 heavy (non-hydrogen) atoms. The standard InChI is InChI=1S/C33H30ClF6N7O2/c1-6-20(48)46-10-9-45(13-16(46)5)30-17-11-19(34)28(21-23(35)22(33(38,39)40)24(36)25(37)26(21)42)44-31(17)47(32(49)18(30)12-41)29-15(4)7-8-43-27(29)14(2)3/h6-8,11,14,16,32,49H,1,9-10,13,42H2,2-5H3/t16-,32?/m1/s1. The molecule has 1 aromatic carbocycles. The molecule has 2 aliphatic heterocycles. The number of alkyl halides is 3. The Kier molecular flexibility index (Phi) is 9.35. The minimum atomic E-state index is -5.66. The summed E-state index contributed by atoms with van der Waals surface area (Å²) in [6, 6.07) is 4.46. The molecule has 1 saturated heterocycles. The number of nitrogen functional groups attached to an aromatic ring is 1. The fourth-order valence-corrected chi connectivity index (χ4v) is 6.52. The lowest BCUT2D eigenvalue weighted by Gasteiger charge is -2.45. The highest BCUT2D eigenvalue weighted by Crippen LogP contribution is 2.49. The molecule has 0 bridgehead atoms. The molecular formula is C33H30ClF6N7O2. The van der Waals surface area contributed by atoms with Crippen molar-refractivity contribution >= 4 is 40.4 Å². The Morgan fingerprint density at radius 1 is 1.22 bits per heavy atom. The maximum absolute atomic E-state index is 15.7. The van der Waals surface area contributed by atoms with Gasteiger partial charge in [-0.3, -0.25) is 14.7 Å². The van der Waals surface area contributed by atoms with Crippen LogP contribution in [0.15, 0.2) is 36.6 Å². The van der Waals surface area contributed by atoms with E-state index in [-0.39, 0.29) is 59.8 Å². The Balaban J connectivity index is 1.86. The monoisotopic (exact) mass is 705 g/mol. The summed E-state index contributed by atoms with van der Waals surface area (Å²) in [7, 11) is 0. The van der Waals surface area contributed by atoms with E-state index in [0.717, 1.165) is 0 Å². The molecule has 9 nitrogen and oxygen atoms in total. The van der Waals surface area contributed by atoms with Crippen molar-refractivity contribution in [2.45, 2.75) is 52.1 Å². The van der Waals surface area contributed by atoms with E-state index in [2.05, 4.69) is 22.6 Å². The third-order valence-electron chi connectivity index (χ3n) is 8.54. The zero-order chi connectivity index (χ0) is 36.3. The fraction of sp³-hybridized carbons (Fsp3) is 0.333. The van der Waals surface area contributed by atoms with Crippen molar-refractivity contribution < 1.29 is 36.2 Å². The van der Waals surface area contributed by atoms with Crippen molar-refractivity contribution in [1.29, 1.82) is 5.26 Å². The van der Waals surface area contributed by atoms with Gasteiger partial charge in [0.2, 0.25) is 5.91 Å². The number of benzene rings is 1. The number of nitrogens with two attached hydrogens (primary N) is 1. The summed E-state index contributed by atoms with van der Waals surface area (Å²) in [6.07, 6.45) is -4.75. The van der Waals surface area contributed by atoms with Gasteiger partial charge >= 0.3 is 6.18 Å². The quantitative estimate of drug-likeness (QED) is 0.131. The first-order valence-corrected chi connectivity index (χ1v) is 15.3. The number of carbonyl (C=O) groups excluding carboxylic acids is 1. The third kappa shape index (κ3) is 5.82. The molecule has 3 aromatic rings. The summed E-state index contributed by atoms with van der Waals surface area (Å²) in [5.74, 6) is -7.73. The van der Waals surface area contributed by atoms with Crippen LogP contribution in [-0.2, 0) is 11.0 Å². The molecular weight excluding hydrogens is 676 g/mol. The summed E-state index contributed by atoms with van der Waals surface area (Å²) in [4.78, 5) is 25.8. The average molecular weight is 706 g/mol. The first-order chi connectivity index (χ1) is 23.0. The van der Waals surface area contributed by atoms with Crippen molar-refractivity contribution in [3.63, 3.8) is 0 Å². The smallest absolute Gasteiger partial charge is 0.396 e. The SMILES string of the molecule is C=CC(=O)N1CCN(C2=C(C#N)C(O)N(c3c(C)ccnc3C(C)C)c3nc(-c4c(N)c(F)c(F)c(C(F)(F)F)c4F)c(Cl)cc32)C[C@H]1C. The van der Waals surface area contributed by atoms with E-state index in [0.29, 0.717) is 11.3 Å². The van der Waals surface area contributed by atoms with E-state index in [4.69, 9.17) is 17.3 Å². The van der Waals surface area contributed by atoms with Gasteiger partial charge in [-0.25, -0.2) is 18.2 Å². The van der Waals surface area contributed by atoms with Crippen LogP contribution < -0.4 is 10.6 Å². The second-order valence-electron chi connectivity index (χ2n) is 12.0. The zero-order valence-corrected chi connectivity index (χ0v) is 27.4. The number of halogens is 7. The number of aryl methyl sites for hydroxylation is 1. The lowest BCUT2D eigenvalue weighted by Crippen LogP contribution is -2.54. The number of aliphatic hydroxyl groups is 1. The highest BCUT2D eigenvalue weighted by Gasteiger charge is 2.44. The Labute approximate surface area is 282 Å². The number of rotatable bonds is 5. The molecule has 1 fully saturated rings. The molecule has 4 heterocycles. The van der Waals surface area contributed by atoms with E-state index in [9.17, 15) is 37.1 Å². The number of nitriles is 1. The van der Waals surface area contributed by atoms with Crippen molar-refractivity contribution in [2.24, 2.45) is 0 Å². The number of carbonyl (C=O) groups is 1. The lowest BCUT2D eigenvalue weighted by molar-refractivity contribution is -0.142. The van der Waals surface area contributed by atoms with Gasteiger partial charge in [0.25, 0.3) is 0 Å². The highest BCUT2D eigenvalue weighted by atomic mass is 35.5. The number of pyridine rings is 2. The molecule has 0 aliphatic carbocycles. The molecule has 2 atom stereocenters. The van der Waals surface area contributed by atoms with E-state index in [1.165, 1.54) is 23.2 Å². The molecule has 5 rings (SSSR count). The predicted molar refractivity (Wildman–Crippen MR) is 171 cm³/mol. The number of piperazine rings is 1. The molecule has 1 amide bonds. The van der Waals surface area contributed by atoms with Crippen molar-refractivity contribution in [2.75, 3.05) is 30.3 Å². The van der Waals surface area contributed by atoms with E-state index < -0.39 is 63.4 Å². The number of nitrogens with zero attached hydrogens (tertiary/aromatic N) is 6. The van der Waals surface area contributed by atoms with Crippen LogP contribution in [0.5, 0.6) is 0 Å². The van der Waals surface area contributed by atoms with Gasteiger partial charge in [0.05, 0.1) is 39.0 Å². The lowest BCUT2D eigenvalue weighted by atomic mass is 9.94. The van der Waals surface area contributed by atoms with Crippen LogP contribution in [0.1, 0.15) is 49.1 Å². The second kappa shape index (κ2) is 12.9. The number of aromatic nitrogens is 2. The number of amides is 1. The van der Waals surface area contributed by atoms with E-state index in [1.807, 2.05) is 13.8 Å². The number of aliphatic hydroxyl groups excluding tert-OH is 1. The molecule has 0 radical (unpaired) electrons. The van der Waals surface area contributed by atoms with Crippen LogP contribution in [0.4, 0.5) is 43.5 Å². The number of hydrogen-bond donors (Lipinski definition) is 2. The minimum Gasteiger partial charge on any atom is -0.396 e. The van der Waals surface area contributed by atoms with E-state index in [1.54, 1.807) is 29.7 Å². The minimum absolute atomic E-state index is 0.0989. The Morgan fingerprint density at radius 3 is 2.47 bits per heavy atom. The Morgan fingerprint density at radius 2 is 1.90 bits per heavy atom. The molecule has 0 saturated carbocycles. The molecule has 2 aromatic heterocycles. The van der Waals surface area contributed by atoms with Gasteiger partial charge in [0.15, 0.2) is 17.9 Å². The van der Waals surface area contributed by atoms with Crippen molar-refractivity contribution in [3.8, 4) is 17.3 Å². The Hall–Kier alpha value is -4.81. The predicted octanol–water partition coefficient (Wildman–Crippen LogP) is 6.67. The summed E-state index contributed by atoms with van der Waals surface area (Å²) in [5.41, 5.74) is 1.17. The van der Waals surface area contributed by atoms with E-state index >= 15 is 4.39 Å². The summed E-state index contributed by atoms with van der Waals surface area (Å²) in [5, 5.41) is 21.9. The fourth-order valence-electron chi connectivity index (χ4n) is 6.27. The average Bonchev–Trinajstić information content (AvgIpc) is 3.03. The molecule has 258 valence electrons. The Bertz CT molecular complexity index is 1960. The normalized spacial score (nSPS) is 18.2. The summed E-state index contributed by atoms with van der Waals surface area (Å²) < 4.78 is 86.4. The van der Waals surface area contributed by atoms with Crippen LogP contribution in [0.2, 0.25) is 5.02 Å². The maximum atomic E-state index is 15.7.